The average Bonchev–Trinajstić information content (AvgIpc) is 2.84. The van der Waals surface area contributed by atoms with Crippen LogP contribution in [0.3, 0.4) is 0 Å². The Kier molecular flexibility index (Phi) is 6.15. The molecule has 22 heavy (non-hydrogen) atoms. The van der Waals surface area contributed by atoms with Crippen molar-refractivity contribution in [2.45, 2.75) is 49.4 Å². The molecule has 0 aromatic rings. The molecule has 1 fully saturated rings. The molecule has 11 heteroatoms. The van der Waals surface area contributed by atoms with Gasteiger partial charge < -0.3 is 9.47 Å². The maximum absolute atomic E-state index is 13.0. The zero-order chi connectivity index (χ0) is 17.0. The number of unbranched alkanes of at least 4 members (excludes halogenated alkanes) is 1. The Bertz CT molecular complexity index is 497. The number of carbonyl (C=O) groups is 2. The van der Waals surface area contributed by atoms with E-state index in [2.05, 4.69) is 9.47 Å². The molecular weight excluding hydrogens is 336 g/mol. The molecule has 128 valence electrons. The van der Waals surface area contributed by atoms with Gasteiger partial charge in [0.1, 0.15) is 0 Å². The highest BCUT2D eigenvalue weighted by atomic mass is 32.2. The number of ether oxygens (including phenoxy) is 2. The SMILES string of the molecule is O=C1CCC(C(=O)OCCCCC(F)(F)C(F)(F)[SH](=O)=O)O1. The molecule has 0 radical (unpaired) electrons. The molecule has 1 saturated heterocycles. The lowest BCUT2D eigenvalue weighted by Crippen LogP contribution is -2.41. The minimum Gasteiger partial charge on any atom is -0.463 e. The normalized spacial score (nSPS) is 19.3. The van der Waals surface area contributed by atoms with E-state index in [1.54, 1.807) is 0 Å². The third-order valence-electron chi connectivity index (χ3n) is 2.95. The summed E-state index contributed by atoms with van der Waals surface area (Å²) in [6.45, 7) is -0.321. The van der Waals surface area contributed by atoms with Crippen molar-refractivity contribution >= 4 is 22.6 Å². The van der Waals surface area contributed by atoms with Gasteiger partial charge in [-0.2, -0.15) is 17.6 Å². The number of alkyl halides is 4. The monoisotopic (exact) mass is 350 g/mol. The number of halogens is 4. The van der Waals surface area contributed by atoms with Gasteiger partial charge >= 0.3 is 23.1 Å². The summed E-state index contributed by atoms with van der Waals surface area (Å²) in [4.78, 5) is 22.1. The molecule has 0 aromatic carbocycles. The zero-order valence-electron chi connectivity index (χ0n) is 11.2. The summed E-state index contributed by atoms with van der Waals surface area (Å²) in [5.41, 5.74) is 0. The number of esters is 2. The molecule has 6 nitrogen and oxygen atoms in total. The zero-order valence-corrected chi connectivity index (χ0v) is 12.1. The highest BCUT2D eigenvalue weighted by Gasteiger charge is 2.58. The van der Waals surface area contributed by atoms with Crippen molar-refractivity contribution in [2.24, 2.45) is 0 Å². The summed E-state index contributed by atoms with van der Waals surface area (Å²) < 4.78 is 81.0. The molecule has 0 aromatic heterocycles. The van der Waals surface area contributed by atoms with Crippen molar-refractivity contribution in [3.63, 3.8) is 0 Å². The van der Waals surface area contributed by atoms with Crippen LogP contribution in [-0.2, 0) is 29.8 Å². The van der Waals surface area contributed by atoms with E-state index in [1.165, 1.54) is 0 Å². The van der Waals surface area contributed by atoms with E-state index >= 15 is 0 Å². The maximum atomic E-state index is 13.0. The first-order valence-corrected chi connectivity index (χ1v) is 7.52. The number of carbonyl (C=O) groups excluding carboxylic acids is 2. The van der Waals surface area contributed by atoms with Crippen molar-refractivity contribution in [3.8, 4) is 0 Å². The summed E-state index contributed by atoms with van der Waals surface area (Å²) in [7, 11) is -4.59. The second kappa shape index (κ2) is 7.25. The van der Waals surface area contributed by atoms with Gasteiger partial charge in [0.2, 0.25) is 10.7 Å². The van der Waals surface area contributed by atoms with Gasteiger partial charge in [-0.3, -0.25) is 4.79 Å². The van der Waals surface area contributed by atoms with Crippen molar-refractivity contribution in [3.05, 3.63) is 0 Å². The first-order valence-electron chi connectivity index (χ1n) is 6.34. The van der Waals surface area contributed by atoms with Crippen LogP contribution in [0.2, 0.25) is 0 Å². The molecular formula is C11H14F4O6S. The minimum absolute atomic E-state index is 0.0778. The fraction of sp³-hybridized carbons (Fsp3) is 0.818. The quantitative estimate of drug-likeness (QED) is 0.307. The standard InChI is InChI=1S/C11H14F4O6S/c12-10(13,11(14,15)22(18)19)5-1-2-6-20-9(17)7-3-4-8(16)21-7/h7,22H,1-6H2. The molecule has 1 atom stereocenters. The van der Waals surface area contributed by atoms with Crippen molar-refractivity contribution in [1.82, 2.24) is 0 Å². The lowest BCUT2D eigenvalue weighted by molar-refractivity contribution is -0.163. The molecule has 0 aliphatic carbocycles. The van der Waals surface area contributed by atoms with Gasteiger partial charge in [0, 0.05) is 19.3 Å². The van der Waals surface area contributed by atoms with E-state index < -0.39 is 52.8 Å². The fourth-order valence-electron chi connectivity index (χ4n) is 1.69. The third-order valence-corrected chi connectivity index (χ3v) is 3.73. The average molecular weight is 350 g/mol. The van der Waals surface area contributed by atoms with E-state index in [-0.39, 0.29) is 25.9 Å². The van der Waals surface area contributed by atoms with Gasteiger partial charge in [-0.05, 0) is 12.8 Å². The van der Waals surface area contributed by atoms with E-state index in [1.807, 2.05) is 0 Å². The smallest absolute Gasteiger partial charge is 0.404 e. The predicted molar refractivity (Wildman–Crippen MR) is 64.1 cm³/mol. The summed E-state index contributed by atoms with van der Waals surface area (Å²) in [5, 5.41) is -5.11. The van der Waals surface area contributed by atoms with E-state index in [0.29, 0.717) is 0 Å². The maximum Gasteiger partial charge on any atom is 0.404 e. The van der Waals surface area contributed by atoms with Crippen molar-refractivity contribution in [2.75, 3.05) is 6.61 Å². The van der Waals surface area contributed by atoms with Crippen LogP contribution < -0.4 is 0 Å². The molecule has 1 rings (SSSR count). The van der Waals surface area contributed by atoms with Crippen LogP contribution in [0.5, 0.6) is 0 Å². The number of thiol groups is 1. The summed E-state index contributed by atoms with van der Waals surface area (Å²) in [6, 6.07) is 0. The fourth-order valence-corrected chi connectivity index (χ4v) is 2.07. The molecule has 1 aliphatic rings. The highest BCUT2D eigenvalue weighted by molar-refractivity contribution is 7.73. The second-order valence-electron chi connectivity index (χ2n) is 4.64. The van der Waals surface area contributed by atoms with Crippen LogP contribution >= 0.6 is 0 Å². The van der Waals surface area contributed by atoms with Crippen LogP contribution in [0.4, 0.5) is 17.6 Å². The summed E-state index contributed by atoms with van der Waals surface area (Å²) in [5.74, 6) is -6.06. The van der Waals surface area contributed by atoms with E-state index in [9.17, 15) is 35.6 Å². The Hall–Kier alpha value is -1.39. The lowest BCUT2D eigenvalue weighted by atomic mass is 10.1. The minimum atomic E-state index is -5.11. The largest absolute Gasteiger partial charge is 0.463 e. The number of hydrogen-bond donors (Lipinski definition) is 1. The lowest BCUT2D eigenvalue weighted by Gasteiger charge is -2.21. The van der Waals surface area contributed by atoms with Gasteiger partial charge in [-0.15, -0.1) is 0 Å². The molecule has 0 saturated carbocycles. The van der Waals surface area contributed by atoms with Crippen molar-refractivity contribution < 1.29 is 45.0 Å². The highest BCUT2D eigenvalue weighted by Crippen LogP contribution is 2.38. The van der Waals surface area contributed by atoms with Gasteiger partial charge in [0.25, 0.3) is 0 Å². The Balaban J connectivity index is 2.28. The number of rotatable bonds is 8. The van der Waals surface area contributed by atoms with Gasteiger partial charge in [-0.1, -0.05) is 0 Å². The van der Waals surface area contributed by atoms with Crippen LogP contribution in [-0.4, -0.2) is 44.2 Å². The molecule has 1 aliphatic heterocycles. The van der Waals surface area contributed by atoms with Crippen LogP contribution in [0, 0.1) is 0 Å². The third kappa shape index (κ3) is 4.55. The molecule has 0 spiro atoms. The van der Waals surface area contributed by atoms with Gasteiger partial charge in [0.05, 0.1) is 6.61 Å². The van der Waals surface area contributed by atoms with Crippen LogP contribution in [0.25, 0.3) is 0 Å². The Morgan fingerprint density at radius 3 is 2.41 bits per heavy atom. The molecule has 1 heterocycles. The van der Waals surface area contributed by atoms with E-state index in [0.717, 1.165) is 0 Å². The Morgan fingerprint density at radius 2 is 1.91 bits per heavy atom. The van der Waals surface area contributed by atoms with Crippen molar-refractivity contribution in [1.29, 1.82) is 0 Å². The summed E-state index contributed by atoms with van der Waals surface area (Å²) in [6.07, 6.45) is -2.77. The summed E-state index contributed by atoms with van der Waals surface area (Å²) >= 11 is 0. The predicted octanol–water partition coefficient (Wildman–Crippen LogP) is 1.25. The van der Waals surface area contributed by atoms with Gasteiger partial charge in [0.15, 0.2) is 6.10 Å². The molecule has 0 N–H and O–H groups in total. The first-order chi connectivity index (χ1) is 10.1. The Labute approximate surface area is 124 Å². The molecule has 0 bridgehead atoms. The molecule has 1 unspecified atom stereocenters. The Morgan fingerprint density at radius 1 is 1.27 bits per heavy atom. The second-order valence-corrected chi connectivity index (χ2v) is 5.72. The van der Waals surface area contributed by atoms with Crippen LogP contribution in [0.15, 0.2) is 0 Å². The van der Waals surface area contributed by atoms with Crippen LogP contribution in [0.1, 0.15) is 32.1 Å². The first kappa shape index (κ1) is 18.7. The van der Waals surface area contributed by atoms with Gasteiger partial charge in [-0.25, -0.2) is 13.2 Å². The number of cyclic esters (lactones) is 1. The topological polar surface area (TPSA) is 86.7 Å². The van der Waals surface area contributed by atoms with E-state index in [4.69, 9.17) is 0 Å². The number of hydrogen-bond acceptors (Lipinski definition) is 6. The molecule has 0 amide bonds.